The summed E-state index contributed by atoms with van der Waals surface area (Å²) in [5, 5.41) is 9.28. The van der Waals surface area contributed by atoms with Crippen LogP contribution < -0.4 is 5.73 Å². The Morgan fingerprint density at radius 1 is 1.50 bits per heavy atom. The molecule has 20 heavy (non-hydrogen) atoms. The molecule has 0 aliphatic rings. The maximum atomic E-state index is 13.8. The van der Waals surface area contributed by atoms with E-state index in [-0.39, 0.29) is 22.1 Å². The maximum Gasteiger partial charge on any atom is 0.244 e. The van der Waals surface area contributed by atoms with E-state index >= 15 is 0 Å². The Balaban J connectivity index is 3.52. The highest BCUT2D eigenvalue weighted by Gasteiger charge is 2.35. The van der Waals surface area contributed by atoms with Crippen LogP contribution >= 0.6 is 12.2 Å². The molecule has 0 aliphatic carbocycles. The normalized spacial score (nSPS) is 12.7. The van der Waals surface area contributed by atoms with Crippen LogP contribution in [0.1, 0.15) is 19.4 Å². The van der Waals surface area contributed by atoms with E-state index in [2.05, 4.69) is 0 Å². The lowest BCUT2D eigenvalue weighted by Gasteiger charge is -2.33. The number of aliphatic hydroxyl groups excluding tert-OH is 1. The third-order valence-electron chi connectivity index (χ3n) is 3.10. The van der Waals surface area contributed by atoms with E-state index in [1.165, 1.54) is 19.2 Å². The smallest absolute Gasteiger partial charge is 0.244 e. The minimum atomic E-state index is -4.04. The van der Waals surface area contributed by atoms with Gasteiger partial charge >= 0.3 is 0 Å². The van der Waals surface area contributed by atoms with Crippen molar-refractivity contribution in [1.82, 2.24) is 4.31 Å². The molecule has 5 nitrogen and oxygen atoms in total. The molecule has 8 heteroatoms. The molecule has 0 spiro atoms. The monoisotopic (exact) mass is 320 g/mol. The quantitative estimate of drug-likeness (QED) is 0.786. The lowest BCUT2D eigenvalue weighted by Crippen LogP contribution is -2.47. The summed E-state index contributed by atoms with van der Waals surface area (Å²) >= 11 is 4.72. The van der Waals surface area contributed by atoms with Gasteiger partial charge in [0.15, 0.2) is 0 Å². The molecule has 0 saturated carbocycles. The number of hydrogen-bond acceptors (Lipinski definition) is 4. The van der Waals surface area contributed by atoms with Crippen molar-refractivity contribution >= 4 is 27.2 Å². The van der Waals surface area contributed by atoms with Crippen LogP contribution in [0.15, 0.2) is 23.1 Å². The van der Waals surface area contributed by atoms with Crippen LogP contribution in [0, 0.1) is 5.82 Å². The van der Waals surface area contributed by atoms with Crippen molar-refractivity contribution in [2.75, 3.05) is 13.7 Å². The van der Waals surface area contributed by atoms with Gasteiger partial charge in [0.05, 0.1) is 22.6 Å². The highest BCUT2D eigenvalue weighted by Crippen LogP contribution is 2.26. The van der Waals surface area contributed by atoms with E-state index in [0.717, 1.165) is 10.4 Å². The summed E-state index contributed by atoms with van der Waals surface area (Å²) in [6.07, 6.45) is 0. The van der Waals surface area contributed by atoms with E-state index < -0.39 is 21.4 Å². The second kappa shape index (κ2) is 5.72. The molecular weight excluding hydrogens is 303 g/mol. The van der Waals surface area contributed by atoms with Gasteiger partial charge in [0, 0.05) is 7.05 Å². The van der Waals surface area contributed by atoms with Crippen molar-refractivity contribution in [2.45, 2.75) is 24.3 Å². The fourth-order valence-electron chi connectivity index (χ4n) is 1.53. The van der Waals surface area contributed by atoms with Crippen molar-refractivity contribution in [3.63, 3.8) is 0 Å². The summed E-state index contributed by atoms with van der Waals surface area (Å²) in [5.41, 5.74) is 4.05. The minimum absolute atomic E-state index is 0.311. The molecule has 0 unspecified atom stereocenters. The van der Waals surface area contributed by atoms with Crippen molar-refractivity contribution < 1.29 is 17.9 Å². The zero-order chi connectivity index (χ0) is 15.7. The first kappa shape index (κ1) is 17.0. The molecule has 0 bridgehead atoms. The number of hydrogen-bond donors (Lipinski definition) is 2. The summed E-state index contributed by atoms with van der Waals surface area (Å²) in [7, 11) is -2.74. The van der Waals surface area contributed by atoms with Gasteiger partial charge in [-0.15, -0.1) is 0 Å². The molecule has 0 radical (unpaired) electrons. The first-order chi connectivity index (χ1) is 9.05. The van der Waals surface area contributed by atoms with E-state index in [9.17, 15) is 17.9 Å². The first-order valence-electron chi connectivity index (χ1n) is 5.74. The molecule has 0 aliphatic heterocycles. The Kier molecular flexibility index (Phi) is 4.86. The molecule has 3 N–H and O–H groups in total. The van der Waals surface area contributed by atoms with Gasteiger partial charge < -0.3 is 10.8 Å². The second-order valence-corrected chi connectivity index (χ2v) is 7.30. The fourth-order valence-corrected chi connectivity index (χ4v) is 3.52. The number of halogens is 1. The molecule has 1 aromatic carbocycles. The van der Waals surface area contributed by atoms with Crippen LogP contribution in [0.4, 0.5) is 4.39 Å². The highest BCUT2D eigenvalue weighted by atomic mass is 32.2. The molecule has 0 amide bonds. The highest BCUT2D eigenvalue weighted by molar-refractivity contribution is 7.89. The van der Waals surface area contributed by atoms with E-state index in [0.29, 0.717) is 0 Å². The molecule has 0 heterocycles. The van der Waals surface area contributed by atoms with Crippen molar-refractivity contribution in [3.05, 3.63) is 29.6 Å². The molecule has 0 atom stereocenters. The minimum Gasteiger partial charge on any atom is -0.394 e. The standard InChI is InChI=1S/C12H17FN2O3S2/c1-12(2,7-16)15(3)20(17,18)9-6-4-5-8(13)10(9)11(14)19/h4-6,16H,7H2,1-3H3,(H2,14,19). The van der Waals surface area contributed by atoms with Gasteiger partial charge in [0.2, 0.25) is 10.0 Å². The topological polar surface area (TPSA) is 83.6 Å². The number of nitrogens with two attached hydrogens (primary N) is 1. The van der Waals surface area contributed by atoms with Gasteiger partial charge in [0.1, 0.15) is 10.8 Å². The van der Waals surface area contributed by atoms with Crippen LogP contribution in [0.5, 0.6) is 0 Å². The van der Waals surface area contributed by atoms with Crippen molar-refractivity contribution in [1.29, 1.82) is 0 Å². The molecule has 0 fully saturated rings. The zero-order valence-electron chi connectivity index (χ0n) is 11.4. The summed E-state index contributed by atoms with van der Waals surface area (Å²) in [6, 6.07) is 3.59. The largest absolute Gasteiger partial charge is 0.394 e. The number of sulfonamides is 1. The third kappa shape index (κ3) is 2.98. The number of aliphatic hydroxyl groups is 1. The number of likely N-dealkylation sites (N-methyl/N-ethyl adjacent to an activating group) is 1. The average Bonchev–Trinajstić information content (AvgIpc) is 2.36. The number of benzene rings is 1. The van der Waals surface area contributed by atoms with E-state index in [1.807, 2.05) is 0 Å². The SMILES string of the molecule is CN(C(C)(C)CO)S(=O)(=O)c1cccc(F)c1C(N)=S. The van der Waals surface area contributed by atoms with Gasteiger partial charge in [-0.3, -0.25) is 0 Å². The number of thiocarbonyl (C=S) groups is 1. The molecule has 1 rings (SSSR count). The third-order valence-corrected chi connectivity index (χ3v) is 5.42. The van der Waals surface area contributed by atoms with Crippen LogP contribution in [0.2, 0.25) is 0 Å². The number of rotatable bonds is 5. The van der Waals surface area contributed by atoms with E-state index in [1.54, 1.807) is 13.8 Å². The van der Waals surface area contributed by atoms with Gasteiger partial charge in [-0.2, -0.15) is 4.31 Å². The predicted molar refractivity (Wildman–Crippen MR) is 78.4 cm³/mol. The van der Waals surface area contributed by atoms with Gasteiger partial charge in [-0.05, 0) is 26.0 Å². The van der Waals surface area contributed by atoms with Crippen molar-refractivity contribution in [3.8, 4) is 0 Å². The number of nitrogens with zero attached hydrogens (tertiary/aromatic N) is 1. The zero-order valence-corrected chi connectivity index (χ0v) is 13.1. The Bertz CT molecular complexity index is 630. The summed E-state index contributed by atoms with van der Waals surface area (Å²) in [5.74, 6) is -0.797. The maximum absolute atomic E-state index is 13.8. The molecule has 112 valence electrons. The lowest BCUT2D eigenvalue weighted by atomic mass is 10.1. The van der Waals surface area contributed by atoms with Crippen LogP contribution in [-0.4, -0.2) is 42.0 Å². The second-order valence-electron chi connectivity index (χ2n) is 4.92. The molecule has 1 aromatic rings. The molecule has 0 aromatic heterocycles. The van der Waals surface area contributed by atoms with Crippen LogP contribution in [0.25, 0.3) is 0 Å². The van der Waals surface area contributed by atoms with Crippen molar-refractivity contribution in [2.24, 2.45) is 5.73 Å². The summed E-state index contributed by atoms with van der Waals surface area (Å²) in [6.45, 7) is 2.70. The Morgan fingerprint density at radius 3 is 2.50 bits per heavy atom. The van der Waals surface area contributed by atoms with Gasteiger partial charge in [-0.25, -0.2) is 12.8 Å². The summed E-state index contributed by atoms with van der Waals surface area (Å²) in [4.78, 5) is -0.647. The average molecular weight is 320 g/mol. The summed E-state index contributed by atoms with van der Waals surface area (Å²) < 4.78 is 39.8. The Labute approximate surface area is 123 Å². The Morgan fingerprint density at radius 2 is 2.05 bits per heavy atom. The van der Waals surface area contributed by atoms with Crippen LogP contribution in [0.3, 0.4) is 0 Å². The lowest BCUT2D eigenvalue weighted by molar-refractivity contribution is 0.138. The molecular formula is C12H17FN2O3S2. The molecule has 0 saturated heterocycles. The fraction of sp³-hybridized carbons (Fsp3) is 0.417. The Hall–Kier alpha value is -1.09. The van der Waals surface area contributed by atoms with Gasteiger partial charge in [0.25, 0.3) is 0 Å². The van der Waals surface area contributed by atoms with Crippen LogP contribution in [-0.2, 0) is 10.0 Å². The van der Waals surface area contributed by atoms with Gasteiger partial charge in [-0.1, -0.05) is 18.3 Å². The first-order valence-corrected chi connectivity index (χ1v) is 7.58. The van der Waals surface area contributed by atoms with E-state index in [4.69, 9.17) is 18.0 Å². The predicted octanol–water partition coefficient (Wildman–Crippen LogP) is 0.851.